The molecule has 1 aliphatic rings. The Balaban J connectivity index is 1.82. The molecule has 0 amide bonds. The Kier molecular flexibility index (Phi) is 2.78. The van der Waals surface area contributed by atoms with Gasteiger partial charge in [0.2, 0.25) is 0 Å². The molecule has 3 heteroatoms. The first-order chi connectivity index (χ1) is 6.36. The van der Waals surface area contributed by atoms with Gasteiger partial charge in [0, 0.05) is 0 Å². The highest BCUT2D eigenvalue weighted by molar-refractivity contribution is 6.47. The summed E-state index contributed by atoms with van der Waals surface area (Å²) in [5.41, 5.74) is 1.30. The van der Waals surface area contributed by atoms with E-state index >= 15 is 0 Å². The fraction of sp³-hybridized carbons (Fsp3) is 0.400. The maximum atomic E-state index is 5.53. The second-order valence-corrected chi connectivity index (χ2v) is 4.21. The van der Waals surface area contributed by atoms with E-state index in [4.69, 9.17) is 9.16 Å². The van der Waals surface area contributed by atoms with Crippen molar-refractivity contribution in [1.82, 2.24) is 0 Å². The van der Waals surface area contributed by atoms with E-state index in [9.17, 15) is 0 Å². The number of aryl methyl sites for hydroxylation is 1. The normalized spacial score (nSPS) is 20.2. The van der Waals surface area contributed by atoms with Gasteiger partial charge < -0.3 is 9.16 Å². The smallest absolute Gasteiger partial charge is 0.269 e. The largest absolute Gasteiger partial charge is 0.409 e. The van der Waals surface area contributed by atoms with E-state index in [1.54, 1.807) is 0 Å². The first kappa shape index (κ1) is 8.93. The first-order valence-corrected chi connectivity index (χ1v) is 5.32. The zero-order valence-electron chi connectivity index (χ0n) is 7.62. The van der Waals surface area contributed by atoms with E-state index in [0.717, 1.165) is 13.2 Å². The van der Waals surface area contributed by atoms with Crippen molar-refractivity contribution in [2.45, 2.75) is 13.0 Å². The molecule has 0 aliphatic carbocycles. The average Bonchev–Trinajstić information content (AvgIpc) is 2.92. The topological polar surface area (TPSA) is 21.8 Å². The van der Waals surface area contributed by atoms with Crippen molar-refractivity contribution in [3.8, 4) is 0 Å². The summed E-state index contributed by atoms with van der Waals surface area (Å²) in [7, 11) is 0.456. The molecular formula is C10H12O2Si. The number of epoxide rings is 1. The van der Waals surface area contributed by atoms with E-state index < -0.39 is 0 Å². The van der Waals surface area contributed by atoms with Gasteiger partial charge in [0.25, 0.3) is 9.76 Å². The molecule has 1 aromatic carbocycles. The summed E-state index contributed by atoms with van der Waals surface area (Å²) in [6.45, 7) is 3.73. The van der Waals surface area contributed by atoms with Gasteiger partial charge in [-0.3, -0.25) is 0 Å². The summed E-state index contributed by atoms with van der Waals surface area (Å²) in [6, 6.07) is 8.32. The second-order valence-electron chi connectivity index (χ2n) is 3.18. The van der Waals surface area contributed by atoms with Crippen molar-refractivity contribution >= 4 is 14.9 Å². The predicted molar refractivity (Wildman–Crippen MR) is 52.3 cm³/mol. The van der Waals surface area contributed by atoms with Crippen molar-refractivity contribution in [3.63, 3.8) is 0 Å². The molecule has 2 nitrogen and oxygen atoms in total. The molecule has 1 fully saturated rings. The molecule has 0 saturated carbocycles. The third kappa shape index (κ3) is 2.65. The van der Waals surface area contributed by atoms with Crippen LogP contribution in [0.3, 0.4) is 0 Å². The minimum absolute atomic E-state index is 0.372. The minimum atomic E-state index is 0.372. The Morgan fingerprint density at radius 3 is 3.00 bits per heavy atom. The summed E-state index contributed by atoms with van der Waals surface area (Å²) in [4.78, 5) is 0. The van der Waals surface area contributed by atoms with Gasteiger partial charge in [0.15, 0.2) is 0 Å². The molecule has 0 spiro atoms. The number of hydrogen-bond donors (Lipinski definition) is 0. The molecular weight excluding hydrogens is 180 g/mol. The van der Waals surface area contributed by atoms with Gasteiger partial charge in [0.1, 0.15) is 6.10 Å². The summed E-state index contributed by atoms with van der Waals surface area (Å²) in [5, 5.41) is 1.29. The lowest BCUT2D eigenvalue weighted by Gasteiger charge is -2.03. The molecule has 1 aromatic rings. The van der Waals surface area contributed by atoms with Crippen LogP contribution in [0.4, 0.5) is 0 Å². The summed E-state index contributed by atoms with van der Waals surface area (Å²) < 4.78 is 10.6. The summed E-state index contributed by atoms with van der Waals surface area (Å²) >= 11 is 0. The van der Waals surface area contributed by atoms with Crippen molar-refractivity contribution < 1.29 is 9.16 Å². The first-order valence-electron chi connectivity index (χ1n) is 4.41. The number of hydrogen-bond acceptors (Lipinski definition) is 2. The maximum Gasteiger partial charge on any atom is 0.269 e. The van der Waals surface area contributed by atoms with Gasteiger partial charge in [-0.15, -0.1) is 0 Å². The van der Waals surface area contributed by atoms with Gasteiger partial charge in [-0.05, 0) is 17.7 Å². The highest BCUT2D eigenvalue weighted by Crippen LogP contribution is 2.07. The Morgan fingerprint density at radius 2 is 2.31 bits per heavy atom. The molecule has 1 unspecified atom stereocenters. The number of rotatable bonds is 4. The third-order valence-corrected chi connectivity index (χ3v) is 3.09. The zero-order chi connectivity index (χ0) is 9.10. The van der Waals surface area contributed by atoms with E-state index in [-0.39, 0.29) is 0 Å². The van der Waals surface area contributed by atoms with Crippen LogP contribution in [0.25, 0.3) is 0 Å². The Bertz CT molecular complexity index is 284. The quantitative estimate of drug-likeness (QED) is 0.516. The molecule has 1 saturated heterocycles. The summed E-state index contributed by atoms with van der Waals surface area (Å²) in [6.07, 6.45) is 0.372. The van der Waals surface area contributed by atoms with Crippen molar-refractivity contribution in [2.75, 3.05) is 13.2 Å². The van der Waals surface area contributed by atoms with Crippen LogP contribution < -0.4 is 5.19 Å². The Morgan fingerprint density at radius 1 is 1.54 bits per heavy atom. The number of benzene rings is 1. The molecule has 1 atom stereocenters. The number of ether oxygens (including phenoxy) is 1. The lowest BCUT2D eigenvalue weighted by molar-refractivity contribution is 0.277. The van der Waals surface area contributed by atoms with Crippen LogP contribution >= 0.6 is 0 Å². The molecule has 1 heterocycles. The van der Waals surface area contributed by atoms with Gasteiger partial charge in [-0.1, -0.05) is 24.3 Å². The van der Waals surface area contributed by atoms with Crippen LogP contribution in [0.5, 0.6) is 0 Å². The van der Waals surface area contributed by atoms with Crippen molar-refractivity contribution in [2.24, 2.45) is 0 Å². The third-order valence-electron chi connectivity index (χ3n) is 2.00. The monoisotopic (exact) mass is 192 g/mol. The van der Waals surface area contributed by atoms with Crippen LogP contribution in [0, 0.1) is 6.92 Å². The van der Waals surface area contributed by atoms with E-state index in [1.165, 1.54) is 10.8 Å². The zero-order valence-corrected chi connectivity index (χ0v) is 8.62. The fourth-order valence-electron chi connectivity index (χ4n) is 1.06. The molecule has 13 heavy (non-hydrogen) atoms. The van der Waals surface area contributed by atoms with E-state index in [1.807, 2.05) is 12.1 Å². The molecule has 0 bridgehead atoms. The molecule has 1 aliphatic heterocycles. The van der Waals surface area contributed by atoms with Gasteiger partial charge >= 0.3 is 0 Å². The van der Waals surface area contributed by atoms with Crippen LogP contribution in [-0.2, 0) is 9.16 Å². The molecule has 2 rings (SSSR count). The lowest BCUT2D eigenvalue weighted by Crippen LogP contribution is -2.21. The maximum absolute atomic E-state index is 5.53. The van der Waals surface area contributed by atoms with Crippen molar-refractivity contribution in [1.29, 1.82) is 0 Å². The molecule has 0 N–H and O–H groups in total. The average molecular weight is 192 g/mol. The predicted octanol–water partition coefficient (Wildman–Crippen LogP) is 0.655. The molecule has 0 aromatic heterocycles. The summed E-state index contributed by atoms with van der Waals surface area (Å²) in [5.74, 6) is 0. The standard InChI is InChI=1S/C10H12O2Si/c1-8-4-2-3-5-10(8)13-12-7-9-6-11-9/h2-5,9H,6-7H2,1H3. The molecule has 2 radical (unpaired) electrons. The van der Waals surface area contributed by atoms with E-state index in [0.29, 0.717) is 15.9 Å². The second kappa shape index (κ2) is 4.04. The highest BCUT2D eigenvalue weighted by atomic mass is 28.2. The van der Waals surface area contributed by atoms with Gasteiger partial charge in [-0.2, -0.15) is 0 Å². The fourth-order valence-corrected chi connectivity index (χ4v) is 1.90. The van der Waals surface area contributed by atoms with Gasteiger partial charge in [-0.25, -0.2) is 0 Å². The minimum Gasteiger partial charge on any atom is -0.409 e. The van der Waals surface area contributed by atoms with Crippen LogP contribution in [0.1, 0.15) is 5.56 Å². The van der Waals surface area contributed by atoms with E-state index in [2.05, 4.69) is 19.1 Å². The van der Waals surface area contributed by atoms with Gasteiger partial charge in [0.05, 0.1) is 13.2 Å². The Hall–Kier alpha value is -0.643. The lowest BCUT2D eigenvalue weighted by atomic mass is 10.2. The SMILES string of the molecule is Cc1ccccc1[Si]OCC1CO1. The van der Waals surface area contributed by atoms with Crippen LogP contribution in [-0.4, -0.2) is 29.1 Å². The van der Waals surface area contributed by atoms with Crippen LogP contribution in [0.2, 0.25) is 0 Å². The molecule has 68 valence electrons. The highest BCUT2D eigenvalue weighted by Gasteiger charge is 2.22. The Labute approximate surface area is 80.8 Å². The van der Waals surface area contributed by atoms with Crippen molar-refractivity contribution in [3.05, 3.63) is 29.8 Å². The van der Waals surface area contributed by atoms with Crippen LogP contribution in [0.15, 0.2) is 24.3 Å².